The average Bonchev–Trinajstić information content (AvgIpc) is 2.65. The summed E-state index contributed by atoms with van der Waals surface area (Å²) in [5, 5.41) is 3.33. The molecule has 0 unspecified atom stereocenters. The molecule has 1 N–H and O–H groups in total. The van der Waals surface area contributed by atoms with Crippen molar-refractivity contribution < 1.29 is 14.3 Å². The maximum absolute atomic E-state index is 11.5. The molecule has 1 amide bonds. The van der Waals surface area contributed by atoms with Crippen LogP contribution in [0.2, 0.25) is 0 Å². The Bertz CT molecular complexity index is 616. The largest absolute Gasteiger partial charge is 0.497 e. The minimum absolute atomic E-state index is 0. The van der Waals surface area contributed by atoms with Gasteiger partial charge in [-0.3, -0.25) is 4.79 Å². The third kappa shape index (κ3) is 5.93. The van der Waals surface area contributed by atoms with E-state index in [-0.39, 0.29) is 29.9 Å². The third-order valence-corrected chi connectivity index (χ3v) is 4.25. The number of halogens is 1. The number of methoxy groups -OCH3 is 2. The van der Waals surface area contributed by atoms with E-state index in [0.717, 1.165) is 55.7 Å². The summed E-state index contributed by atoms with van der Waals surface area (Å²) in [6, 6.07) is 5.74. The zero-order valence-electron chi connectivity index (χ0n) is 15.9. The van der Waals surface area contributed by atoms with E-state index < -0.39 is 0 Å². The summed E-state index contributed by atoms with van der Waals surface area (Å²) in [7, 11) is 3.28. The fourth-order valence-electron chi connectivity index (χ4n) is 2.80. The zero-order valence-corrected chi connectivity index (χ0v) is 18.3. The standard InChI is InChI=1S/C18H28N4O3.HI/c1-5-19-18(22-10-8-21(9-11-22)14(2)23)20-13-15-6-7-16(24-3)12-17(15)25-4;/h6-7,12H,5,8-11,13H2,1-4H3,(H,19,20);1H. The maximum atomic E-state index is 11.5. The first-order chi connectivity index (χ1) is 12.1. The smallest absolute Gasteiger partial charge is 0.219 e. The number of benzene rings is 1. The third-order valence-electron chi connectivity index (χ3n) is 4.25. The van der Waals surface area contributed by atoms with Crippen molar-refractivity contribution in [3.8, 4) is 11.5 Å². The Morgan fingerprint density at radius 3 is 2.35 bits per heavy atom. The van der Waals surface area contributed by atoms with E-state index in [9.17, 15) is 4.79 Å². The van der Waals surface area contributed by atoms with Gasteiger partial charge < -0.3 is 24.6 Å². The number of hydrogen-bond acceptors (Lipinski definition) is 4. The Balaban J connectivity index is 0.00000338. The van der Waals surface area contributed by atoms with Crippen LogP contribution in [0.15, 0.2) is 23.2 Å². The molecule has 1 heterocycles. The molecule has 1 aromatic carbocycles. The van der Waals surface area contributed by atoms with Crippen LogP contribution >= 0.6 is 24.0 Å². The molecule has 0 saturated carbocycles. The Hall–Kier alpha value is -1.71. The highest BCUT2D eigenvalue weighted by atomic mass is 127. The molecule has 146 valence electrons. The SMILES string of the molecule is CCNC(=NCc1ccc(OC)cc1OC)N1CCN(C(C)=O)CC1.I. The summed E-state index contributed by atoms with van der Waals surface area (Å²) in [6.07, 6.45) is 0. The van der Waals surface area contributed by atoms with E-state index >= 15 is 0 Å². The Morgan fingerprint density at radius 1 is 1.15 bits per heavy atom. The van der Waals surface area contributed by atoms with Crippen molar-refractivity contribution >= 4 is 35.8 Å². The number of amides is 1. The normalized spacial score (nSPS) is 14.5. The molecule has 0 bridgehead atoms. The minimum atomic E-state index is 0. The van der Waals surface area contributed by atoms with Gasteiger partial charge in [0.25, 0.3) is 0 Å². The minimum Gasteiger partial charge on any atom is -0.497 e. The summed E-state index contributed by atoms with van der Waals surface area (Å²) >= 11 is 0. The van der Waals surface area contributed by atoms with E-state index in [1.54, 1.807) is 21.1 Å². The number of rotatable bonds is 5. The van der Waals surface area contributed by atoms with Gasteiger partial charge in [-0.15, -0.1) is 24.0 Å². The van der Waals surface area contributed by atoms with Crippen molar-refractivity contribution in [2.24, 2.45) is 4.99 Å². The maximum Gasteiger partial charge on any atom is 0.219 e. The van der Waals surface area contributed by atoms with Gasteiger partial charge >= 0.3 is 0 Å². The van der Waals surface area contributed by atoms with Crippen LogP contribution in [0, 0.1) is 0 Å². The molecule has 1 aromatic rings. The summed E-state index contributed by atoms with van der Waals surface area (Å²) in [4.78, 5) is 20.3. The van der Waals surface area contributed by atoms with Crippen LogP contribution in [-0.4, -0.2) is 68.6 Å². The molecule has 0 radical (unpaired) electrons. The molecule has 0 atom stereocenters. The van der Waals surface area contributed by atoms with Crippen molar-refractivity contribution in [1.82, 2.24) is 15.1 Å². The lowest BCUT2D eigenvalue weighted by atomic mass is 10.2. The summed E-state index contributed by atoms with van der Waals surface area (Å²) in [6.45, 7) is 8.00. The van der Waals surface area contributed by atoms with Gasteiger partial charge in [0.05, 0.1) is 20.8 Å². The first kappa shape index (κ1) is 22.3. The highest BCUT2D eigenvalue weighted by Crippen LogP contribution is 2.25. The van der Waals surface area contributed by atoms with E-state index in [2.05, 4.69) is 17.1 Å². The lowest BCUT2D eigenvalue weighted by molar-refractivity contribution is -0.130. The van der Waals surface area contributed by atoms with Crippen LogP contribution in [0.3, 0.4) is 0 Å². The number of nitrogens with one attached hydrogen (secondary N) is 1. The topological polar surface area (TPSA) is 66.4 Å². The lowest BCUT2D eigenvalue weighted by Crippen LogP contribution is -2.53. The Morgan fingerprint density at radius 2 is 1.81 bits per heavy atom. The second-order valence-corrected chi connectivity index (χ2v) is 5.84. The van der Waals surface area contributed by atoms with E-state index in [1.807, 2.05) is 23.1 Å². The first-order valence-electron chi connectivity index (χ1n) is 8.58. The first-order valence-corrected chi connectivity index (χ1v) is 8.58. The van der Waals surface area contributed by atoms with Crippen LogP contribution in [0.5, 0.6) is 11.5 Å². The van der Waals surface area contributed by atoms with E-state index in [0.29, 0.717) is 6.54 Å². The molecular weight excluding hydrogens is 447 g/mol. The van der Waals surface area contributed by atoms with Crippen molar-refractivity contribution in [3.63, 3.8) is 0 Å². The number of carbonyl (C=O) groups is 1. The van der Waals surface area contributed by atoms with Crippen LogP contribution < -0.4 is 14.8 Å². The molecule has 1 aliphatic heterocycles. The van der Waals surface area contributed by atoms with Crippen molar-refractivity contribution in [2.45, 2.75) is 20.4 Å². The predicted octanol–water partition coefficient (Wildman–Crippen LogP) is 1.95. The second-order valence-electron chi connectivity index (χ2n) is 5.84. The number of piperazine rings is 1. The van der Waals surface area contributed by atoms with Crippen molar-refractivity contribution in [3.05, 3.63) is 23.8 Å². The molecule has 1 saturated heterocycles. The molecule has 7 nitrogen and oxygen atoms in total. The fourth-order valence-corrected chi connectivity index (χ4v) is 2.80. The number of carbonyl (C=O) groups excluding carboxylic acids is 1. The van der Waals surface area contributed by atoms with Crippen LogP contribution in [0.25, 0.3) is 0 Å². The predicted molar refractivity (Wildman–Crippen MR) is 114 cm³/mol. The molecule has 1 aliphatic rings. The number of hydrogen-bond donors (Lipinski definition) is 1. The average molecular weight is 476 g/mol. The van der Waals surface area contributed by atoms with Gasteiger partial charge in [-0.05, 0) is 19.1 Å². The fraction of sp³-hybridized carbons (Fsp3) is 0.556. The van der Waals surface area contributed by atoms with Gasteiger partial charge in [-0.2, -0.15) is 0 Å². The highest BCUT2D eigenvalue weighted by molar-refractivity contribution is 14.0. The monoisotopic (exact) mass is 476 g/mol. The Labute approximate surface area is 172 Å². The van der Waals surface area contributed by atoms with Gasteiger partial charge in [0.1, 0.15) is 11.5 Å². The number of aliphatic imine (C=N–C) groups is 1. The molecular formula is C18H29IN4O3. The van der Waals surface area contributed by atoms with Crippen LogP contribution in [0.4, 0.5) is 0 Å². The number of nitrogens with zero attached hydrogens (tertiary/aromatic N) is 3. The lowest BCUT2D eigenvalue weighted by Gasteiger charge is -2.36. The van der Waals surface area contributed by atoms with Gasteiger partial charge in [-0.25, -0.2) is 4.99 Å². The zero-order chi connectivity index (χ0) is 18.2. The molecule has 0 aromatic heterocycles. The van der Waals surface area contributed by atoms with Gasteiger partial charge in [-0.1, -0.05) is 0 Å². The molecule has 26 heavy (non-hydrogen) atoms. The summed E-state index contributed by atoms with van der Waals surface area (Å²) in [5.41, 5.74) is 1.00. The van der Waals surface area contributed by atoms with Gasteiger partial charge in [0, 0.05) is 51.3 Å². The number of guanidine groups is 1. The number of ether oxygens (including phenoxy) is 2. The van der Waals surface area contributed by atoms with Crippen LogP contribution in [0.1, 0.15) is 19.4 Å². The van der Waals surface area contributed by atoms with Gasteiger partial charge in [0.2, 0.25) is 5.91 Å². The molecule has 0 aliphatic carbocycles. The Kier molecular flexibility index (Phi) is 9.53. The molecule has 0 spiro atoms. The molecule has 8 heteroatoms. The van der Waals surface area contributed by atoms with Crippen molar-refractivity contribution in [1.29, 1.82) is 0 Å². The second kappa shape index (κ2) is 11.1. The summed E-state index contributed by atoms with van der Waals surface area (Å²) < 4.78 is 10.7. The van der Waals surface area contributed by atoms with E-state index in [4.69, 9.17) is 14.5 Å². The van der Waals surface area contributed by atoms with Crippen molar-refractivity contribution in [2.75, 3.05) is 46.9 Å². The summed E-state index contributed by atoms with van der Waals surface area (Å²) in [5.74, 6) is 2.52. The highest BCUT2D eigenvalue weighted by Gasteiger charge is 2.20. The molecule has 2 rings (SSSR count). The van der Waals surface area contributed by atoms with E-state index in [1.165, 1.54) is 0 Å². The molecule has 1 fully saturated rings. The van der Waals surface area contributed by atoms with Crippen LogP contribution in [-0.2, 0) is 11.3 Å². The quantitative estimate of drug-likeness (QED) is 0.400. The van der Waals surface area contributed by atoms with Gasteiger partial charge in [0.15, 0.2) is 5.96 Å².